The molecule has 1 heterocycles. The van der Waals surface area contributed by atoms with Gasteiger partial charge >= 0.3 is 0 Å². The third-order valence-corrected chi connectivity index (χ3v) is 3.01. The third kappa shape index (κ3) is 2.28. The molecule has 82 valence electrons. The van der Waals surface area contributed by atoms with E-state index in [0.717, 1.165) is 5.92 Å². The molecule has 0 bridgehead atoms. The van der Waals surface area contributed by atoms with Crippen LogP contribution in [0.5, 0.6) is 0 Å². The molecule has 1 unspecified atom stereocenters. The largest absolute Gasteiger partial charge is 0.368 e. The number of hydrogen-bond acceptors (Lipinski definition) is 5. The standard InChI is InChI=1S/C9H14ClN5/c1-5(6-3-4-6)15(2)9-13-7(10)12-8(11)14-9/h5-6H,3-4H2,1-2H3,(H2,11,12,13,14). The Kier molecular flexibility index (Phi) is 2.65. The molecule has 6 heteroatoms. The fraction of sp³-hybridized carbons (Fsp3) is 0.667. The second kappa shape index (κ2) is 3.81. The van der Waals surface area contributed by atoms with Crippen molar-refractivity contribution >= 4 is 23.5 Å². The summed E-state index contributed by atoms with van der Waals surface area (Å²) in [5.41, 5.74) is 5.52. The number of aromatic nitrogens is 3. The highest BCUT2D eigenvalue weighted by Gasteiger charge is 2.31. The minimum absolute atomic E-state index is 0.146. The smallest absolute Gasteiger partial charge is 0.231 e. The first kappa shape index (κ1) is 10.4. The van der Waals surface area contributed by atoms with Gasteiger partial charge in [0.2, 0.25) is 17.2 Å². The summed E-state index contributed by atoms with van der Waals surface area (Å²) in [5.74, 6) is 1.46. The Morgan fingerprint density at radius 1 is 1.40 bits per heavy atom. The molecule has 0 saturated heterocycles. The van der Waals surface area contributed by atoms with E-state index in [-0.39, 0.29) is 11.2 Å². The predicted octanol–water partition coefficient (Wildman–Crippen LogP) is 1.34. The Labute approximate surface area is 93.7 Å². The average Bonchev–Trinajstić information content (AvgIpc) is 2.97. The zero-order valence-corrected chi connectivity index (χ0v) is 9.57. The summed E-state index contributed by atoms with van der Waals surface area (Å²) in [6, 6.07) is 0.419. The van der Waals surface area contributed by atoms with Crippen molar-refractivity contribution in [2.45, 2.75) is 25.8 Å². The lowest BCUT2D eigenvalue weighted by molar-refractivity contribution is 0.597. The molecule has 2 rings (SSSR count). The van der Waals surface area contributed by atoms with Crippen LogP contribution >= 0.6 is 11.6 Å². The molecule has 1 aliphatic carbocycles. The van der Waals surface area contributed by atoms with Crippen molar-refractivity contribution in [2.75, 3.05) is 17.7 Å². The van der Waals surface area contributed by atoms with E-state index in [2.05, 4.69) is 21.9 Å². The van der Waals surface area contributed by atoms with Crippen molar-refractivity contribution in [3.63, 3.8) is 0 Å². The van der Waals surface area contributed by atoms with Crippen LogP contribution < -0.4 is 10.6 Å². The highest BCUT2D eigenvalue weighted by Crippen LogP contribution is 2.35. The monoisotopic (exact) mass is 227 g/mol. The Bertz CT molecular complexity index is 345. The fourth-order valence-corrected chi connectivity index (χ4v) is 1.75. The molecule has 0 radical (unpaired) electrons. The molecular weight excluding hydrogens is 214 g/mol. The summed E-state index contributed by atoms with van der Waals surface area (Å²) in [6.07, 6.45) is 2.56. The van der Waals surface area contributed by atoms with Crippen LogP contribution in [-0.4, -0.2) is 28.0 Å². The van der Waals surface area contributed by atoms with Crippen LogP contribution in [0.15, 0.2) is 0 Å². The van der Waals surface area contributed by atoms with E-state index >= 15 is 0 Å². The van der Waals surface area contributed by atoms with Gasteiger partial charge in [0, 0.05) is 13.1 Å². The molecule has 0 amide bonds. The number of rotatable bonds is 3. The first-order valence-electron chi connectivity index (χ1n) is 4.98. The molecule has 1 fully saturated rings. The maximum Gasteiger partial charge on any atom is 0.231 e. The normalized spacial score (nSPS) is 17.5. The van der Waals surface area contributed by atoms with E-state index in [0.29, 0.717) is 12.0 Å². The minimum atomic E-state index is 0.146. The zero-order valence-electron chi connectivity index (χ0n) is 8.81. The van der Waals surface area contributed by atoms with Crippen LogP contribution in [-0.2, 0) is 0 Å². The molecule has 2 N–H and O–H groups in total. The van der Waals surface area contributed by atoms with Gasteiger partial charge in [-0.3, -0.25) is 0 Å². The van der Waals surface area contributed by atoms with Gasteiger partial charge in [0.05, 0.1) is 0 Å². The van der Waals surface area contributed by atoms with E-state index in [1.807, 2.05) is 11.9 Å². The third-order valence-electron chi connectivity index (χ3n) is 2.84. The van der Waals surface area contributed by atoms with Crippen LogP contribution in [0.25, 0.3) is 0 Å². The van der Waals surface area contributed by atoms with Crippen LogP contribution in [0.1, 0.15) is 19.8 Å². The van der Waals surface area contributed by atoms with Gasteiger partial charge in [-0.2, -0.15) is 15.0 Å². The van der Waals surface area contributed by atoms with Crippen molar-refractivity contribution in [3.8, 4) is 0 Å². The van der Waals surface area contributed by atoms with Crippen molar-refractivity contribution in [3.05, 3.63) is 5.28 Å². The molecule has 1 saturated carbocycles. The summed E-state index contributed by atoms with van der Waals surface area (Å²) in [5, 5.41) is 0.146. The van der Waals surface area contributed by atoms with Gasteiger partial charge in [-0.25, -0.2) is 0 Å². The lowest BCUT2D eigenvalue weighted by Gasteiger charge is -2.24. The molecule has 5 nitrogen and oxygen atoms in total. The number of halogens is 1. The number of nitrogens with two attached hydrogens (primary N) is 1. The van der Waals surface area contributed by atoms with Crippen LogP contribution in [0.2, 0.25) is 5.28 Å². The second-order valence-corrected chi connectivity index (χ2v) is 4.29. The highest BCUT2D eigenvalue weighted by atomic mass is 35.5. The van der Waals surface area contributed by atoms with Gasteiger partial charge in [-0.1, -0.05) is 0 Å². The molecule has 1 aromatic heterocycles. The first-order valence-corrected chi connectivity index (χ1v) is 5.35. The number of anilines is 2. The lowest BCUT2D eigenvalue weighted by Crippen LogP contribution is -2.32. The zero-order chi connectivity index (χ0) is 11.0. The minimum Gasteiger partial charge on any atom is -0.368 e. The molecular formula is C9H14ClN5. The van der Waals surface area contributed by atoms with Crippen LogP contribution in [0.4, 0.5) is 11.9 Å². The molecule has 1 aliphatic rings. The first-order chi connectivity index (χ1) is 7.08. The van der Waals surface area contributed by atoms with E-state index in [4.69, 9.17) is 17.3 Å². The Balaban J connectivity index is 2.19. The molecule has 1 atom stereocenters. The van der Waals surface area contributed by atoms with Crippen LogP contribution in [0, 0.1) is 5.92 Å². The van der Waals surface area contributed by atoms with Crippen molar-refractivity contribution in [2.24, 2.45) is 5.92 Å². The SMILES string of the molecule is CC(C1CC1)N(C)c1nc(N)nc(Cl)n1. The molecule has 0 spiro atoms. The summed E-state index contributed by atoms with van der Waals surface area (Å²) in [6.45, 7) is 2.16. The van der Waals surface area contributed by atoms with Crippen molar-refractivity contribution in [1.29, 1.82) is 0 Å². The molecule has 0 aliphatic heterocycles. The van der Waals surface area contributed by atoms with Gasteiger partial charge in [-0.05, 0) is 37.3 Å². The summed E-state index contributed by atoms with van der Waals surface area (Å²) in [4.78, 5) is 13.8. The lowest BCUT2D eigenvalue weighted by atomic mass is 10.2. The average molecular weight is 228 g/mol. The topological polar surface area (TPSA) is 67.9 Å². The van der Waals surface area contributed by atoms with Crippen molar-refractivity contribution < 1.29 is 0 Å². The van der Waals surface area contributed by atoms with E-state index in [1.54, 1.807) is 0 Å². The quantitative estimate of drug-likeness (QED) is 0.844. The van der Waals surface area contributed by atoms with Gasteiger partial charge in [-0.15, -0.1) is 0 Å². The second-order valence-electron chi connectivity index (χ2n) is 3.95. The van der Waals surface area contributed by atoms with Gasteiger partial charge in [0.1, 0.15) is 0 Å². The summed E-state index contributed by atoms with van der Waals surface area (Å²) in [7, 11) is 1.95. The van der Waals surface area contributed by atoms with Crippen LogP contribution in [0.3, 0.4) is 0 Å². The maximum absolute atomic E-state index is 5.73. The van der Waals surface area contributed by atoms with Gasteiger partial charge < -0.3 is 10.6 Å². The molecule has 1 aromatic rings. The van der Waals surface area contributed by atoms with E-state index < -0.39 is 0 Å². The predicted molar refractivity (Wildman–Crippen MR) is 59.8 cm³/mol. The summed E-state index contributed by atoms with van der Waals surface area (Å²) >= 11 is 5.73. The molecule has 15 heavy (non-hydrogen) atoms. The molecule has 0 aromatic carbocycles. The number of nitrogen functional groups attached to an aromatic ring is 1. The highest BCUT2D eigenvalue weighted by molar-refractivity contribution is 6.28. The van der Waals surface area contributed by atoms with E-state index in [1.165, 1.54) is 12.8 Å². The summed E-state index contributed by atoms with van der Waals surface area (Å²) < 4.78 is 0. The maximum atomic E-state index is 5.73. The van der Waals surface area contributed by atoms with Gasteiger partial charge in [0.25, 0.3) is 0 Å². The number of nitrogens with zero attached hydrogens (tertiary/aromatic N) is 4. The number of hydrogen-bond donors (Lipinski definition) is 1. The fourth-order valence-electron chi connectivity index (χ4n) is 1.59. The van der Waals surface area contributed by atoms with Gasteiger partial charge in [0.15, 0.2) is 0 Å². The Morgan fingerprint density at radius 2 is 2.07 bits per heavy atom. The van der Waals surface area contributed by atoms with Crippen molar-refractivity contribution in [1.82, 2.24) is 15.0 Å². The van der Waals surface area contributed by atoms with E-state index in [9.17, 15) is 0 Å². The Morgan fingerprint density at radius 3 is 2.60 bits per heavy atom. The Hall–Kier alpha value is -1.10.